The van der Waals surface area contributed by atoms with Gasteiger partial charge in [0.2, 0.25) is 10.2 Å². The van der Waals surface area contributed by atoms with E-state index in [0.717, 1.165) is 28.8 Å². The normalized spacial score (nSPS) is 11.2. The molecule has 0 amide bonds. The predicted octanol–water partition coefficient (Wildman–Crippen LogP) is 5.02. The number of thioether (sulfide) groups is 1. The van der Waals surface area contributed by atoms with Gasteiger partial charge in [0.25, 0.3) is 0 Å². The van der Waals surface area contributed by atoms with Crippen LogP contribution in [0.3, 0.4) is 0 Å². The van der Waals surface area contributed by atoms with Crippen LogP contribution in [0.4, 0.5) is 5.69 Å². The number of aromatic nitrogens is 3. The van der Waals surface area contributed by atoms with Crippen LogP contribution in [-0.2, 0) is 9.53 Å². The molecule has 0 fully saturated rings. The minimum atomic E-state index is -0.558. The van der Waals surface area contributed by atoms with Crippen molar-refractivity contribution in [1.82, 2.24) is 14.8 Å². The average Bonchev–Trinajstić information content (AvgIpc) is 3.31. The molecule has 0 saturated heterocycles. The summed E-state index contributed by atoms with van der Waals surface area (Å²) in [5.41, 5.74) is 5.36. The molecule has 0 aliphatic heterocycles. The van der Waals surface area contributed by atoms with Crippen molar-refractivity contribution in [3.8, 4) is 22.8 Å². The smallest absolute Gasteiger partial charge is 0.365 e. The van der Waals surface area contributed by atoms with E-state index in [9.17, 15) is 4.79 Å². The van der Waals surface area contributed by atoms with Gasteiger partial charge in [0.05, 0.1) is 19.4 Å². The zero-order valence-electron chi connectivity index (χ0n) is 18.7. The Balaban J connectivity index is 1.70. The molecule has 0 unspecified atom stereocenters. The number of methoxy groups -OCH3 is 1. The summed E-state index contributed by atoms with van der Waals surface area (Å²) in [6.45, 7) is 1.97. The van der Waals surface area contributed by atoms with Crippen LogP contribution in [0.1, 0.15) is 6.92 Å². The number of carbonyl (C=O) groups excluding carboxylic acids is 1. The molecule has 0 bridgehead atoms. The number of hydrogen-bond acceptors (Lipinski definition) is 8. The molecule has 0 aliphatic rings. The van der Waals surface area contributed by atoms with Crippen molar-refractivity contribution in [2.45, 2.75) is 12.1 Å². The molecule has 4 rings (SSSR count). The molecule has 4 aromatic rings. The van der Waals surface area contributed by atoms with Gasteiger partial charge in [-0.25, -0.2) is 4.79 Å². The van der Waals surface area contributed by atoms with Crippen LogP contribution >= 0.6 is 11.8 Å². The molecular weight excluding hydrogens is 450 g/mol. The Morgan fingerprint density at radius 2 is 1.65 bits per heavy atom. The second-order valence-electron chi connectivity index (χ2n) is 6.92. The van der Waals surface area contributed by atoms with E-state index in [1.165, 1.54) is 0 Å². The lowest BCUT2D eigenvalue weighted by atomic mass is 10.2. The first-order valence-corrected chi connectivity index (χ1v) is 11.4. The van der Waals surface area contributed by atoms with Gasteiger partial charge in [-0.1, -0.05) is 48.5 Å². The summed E-state index contributed by atoms with van der Waals surface area (Å²) >= 11 is 1.08. The van der Waals surface area contributed by atoms with E-state index in [1.807, 2.05) is 65.2 Å². The molecule has 0 aliphatic carbocycles. The summed E-state index contributed by atoms with van der Waals surface area (Å²) in [6, 6.07) is 26.7. The SMILES string of the molecule is CCOC(=O)C(=NNc1ccc(OC)cc1)Sc1nnc(-c2ccccc2)n1-c1ccccc1. The van der Waals surface area contributed by atoms with Crippen LogP contribution in [-0.4, -0.2) is 39.5 Å². The van der Waals surface area contributed by atoms with E-state index < -0.39 is 5.97 Å². The van der Waals surface area contributed by atoms with Crippen molar-refractivity contribution in [2.24, 2.45) is 5.10 Å². The molecule has 1 aromatic heterocycles. The third kappa shape index (κ3) is 5.44. The minimum Gasteiger partial charge on any atom is -0.497 e. The highest BCUT2D eigenvalue weighted by Gasteiger charge is 2.22. The van der Waals surface area contributed by atoms with Gasteiger partial charge < -0.3 is 9.47 Å². The maximum absolute atomic E-state index is 12.7. The van der Waals surface area contributed by atoms with Gasteiger partial charge in [0, 0.05) is 11.3 Å². The number of nitrogens with one attached hydrogen (secondary N) is 1. The Morgan fingerprint density at radius 3 is 2.29 bits per heavy atom. The fourth-order valence-electron chi connectivity index (χ4n) is 3.09. The summed E-state index contributed by atoms with van der Waals surface area (Å²) in [7, 11) is 1.60. The molecule has 0 radical (unpaired) electrons. The van der Waals surface area contributed by atoms with Crippen molar-refractivity contribution in [3.05, 3.63) is 84.9 Å². The Bertz CT molecular complexity index is 1260. The van der Waals surface area contributed by atoms with Crippen molar-refractivity contribution >= 4 is 28.5 Å². The summed E-state index contributed by atoms with van der Waals surface area (Å²) in [4.78, 5) is 12.7. The summed E-state index contributed by atoms with van der Waals surface area (Å²) < 4.78 is 12.3. The van der Waals surface area contributed by atoms with Gasteiger partial charge in [-0.3, -0.25) is 9.99 Å². The van der Waals surface area contributed by atoms with E-state index >= 15 is 0 Å². The molecule has 3 aromatic carbocycles. The van der Waals surface area contributed by atoms with E-state index in [2.05, 4.69) is 20.7 Å². The lowest BCUT2D eigenvalue weighted by Gasteiger charge is -2.11. The highest BCUT2D eigenvalue weighted by molar-refractivity contribution is 8.15. The highest BCUT2D eigenvalue weighted by Crippen LogP contribution is 2.29. The number of anilines is 1. The molecule has 8 nitrogen and oxygen atoms in total. The Morgan fingerprint density at radius 1 is 0.971 bits per heavy atom. The van der Waals surface area contributed by atoms with Crippen LogP contribution in [0.25, 0.3) is 17.1 Å². The Hall–Kier alpha value is -4.11. The van der Waals surface area contributed by atoms with Crippen LogP contribution in [0, 0.1) is 0 Å². The maximum atomic E-state index is 12.7. The number of esters is 1. The first-order valence-electron chi connectivity index (χ1n) is 10.6. The van der Waals surface area contributed by atoms with Crippen molar-refractivity contribution in [1.29, 1.82) is 0 Å². The fourth-order valence-corrected chi connectivity index (χ4v) is 3.86. The molecule has 0 atom stereocenters. The standard InChI is InChI=1S/C25H23N5O3S/c1-3-33-24(31)23(28-26-19-14-16-21(32-2)17-15-19)34-25-29-27-22(18-10-6-4-7-11-18)30(25)20-12-8-5-9-13-20/h4-17,26H,3H2,1-2H3. The van der Waals surface area contributed by atoms with Crippen molar-refractivity contribution in [3.63, 3.8) is 0 Å². The zero-order chi connectivity index (χ0) is 23.8. The summed E-state index contributed by atoms with van der Waals surface area (Å²) in [5.74, 6) is 0.817. The number of ether oxygens (including phenoxy) is 2. The predicted molar refractivity (Wildman–Crippen MR) is 133 cm³/mol. The molecule has 9 heteroatoms. The number of rotatable bonds is 7. The van der Waals surface area contributed by atoms with Crippen LogP contribution in [0.15, 0.2) is 95.2 Å². The van der Waals surface area contributed by atoms with Gasteiger partial charge >= 0.3 is 5.97 Å². The Kier molecular flexibility index (Phi) is 7.56. The molecule has 172 valence electrons. The second-order valence-corrected chi connectivity index (χ2v) is 7.88. The topological polar surface area (TPSA) is 90.6 Å². The number of carbonyl (C=O) groups is 1. The molecule has 1 N–H and O–H groups in total. The molecule has 0 saturated carbocycles. The molecule has 0 spiro atoms. The number of hydrazone groups is 1. The monoisotopic (exact) mass is 473 g/mol. The maximum Gasteiger partial charge on any atom is 0.365 e. The third-order valence-electron chi connectivity index (χ3n) is 4.69. The third-order valence-corrected chi connectivity index (χ3v) is 5.59. The largest absolute Gasteiger partial charge is 0.497 e. The van der Waals surface area contributed by atoms with Crippen LogP contribution < -0.4 is 10.2 Å². The number of hydrogen-bond donors (Lipinski definition) is 1. The second kappa shape index (κ2) is 11.2. The van der Waals surface area contributed by atoms with Gasteiger partial charge in [0.1, 0.15) is 5.75 Å². The lowest BCUT2D eigenvalue weighted by molar-refractivity contribution is -0.134. The molecular formula is C25H23N5O3S. The van der Waals surface area contributed by atoms with E-state index in [0.29, 0.717) is 16.7 Å². The zero-order valence-corrected chi connectivity index (χ0v) is 19.5. The highest BCUT2D eigenvalue weighted by atomic mass is 32.2. The number of para-hydroxylation sites is 1. The number of benzene rings is 3. The van der Waals surface area contributed by atoms with E-state index in [4.69, 9.17) is 9.47 Å². The van der Waals surface area contributed by atoms with Crippen molar-refractivity contribution in [2.75, 3.05) is 19.1 Å². The molecule has 34 heavy (non-hydrogen) atoms. The van der Waals surface area contributed by atoms with Gasteiger partial charge in [-0.2, -0.15) is 5.10 Å². The fraction of sp³-hybridized carbons (Fsp3) is 0.120. The van der Waals surface area contributed by atoms with Crippen LogP contribution in [0.5, 0.6) is 5.75 Å². The van der Waals surface area contributed by atoms with Gasteiger partial charge in [0.15, 0.2) is 5.82 Å². The average molecular weight is 474 g/mol. The van der Waals surface area contributed by atoms with E-state index in [-0.39, 0.29) is 11.7 Å². The van der Waals surface area contributed by atoms with Gasteiger partial charge in [-0.05, 0) is 55.1 Å². The first-order chi connectivity index (χ1) is 16.7. The Labute approximate surface area is 201 Å². The first kappa shape index (κ1) is 23.1. The molecule has 1 heterocycles. The van der Waals surface area contributed by atoms with Gasteiger partial charge in [-0.15, -0.1) is 10.2 Å². The van der Waals surface area contributed by atoms with Crippen LogP contribution in [0.2, 0.25) is 0 Å². The lowest BCUT2D eigenvalue weighted by Crippen LogP contribution is -2.17. The summed E-state index contributed by atoms with van der Waals surface area (Å²) in [5, 5.41) is 13.7. The quantitative estimate of drug-likeness (QED) is 0.132. The minimum absolute atomic E-state index is 0.0989. The number of nitrogens with zero attached hydrogens (tertiary/aromatic N) is 4. The summed E-state index contributed by atoms with van der Waals surface area (Å²) in [6.07, 6.45) is 0. The van der Waals surface area contributed by atoms with Crippen molar-refractivity contribution < 1.29 is 14.3 Å². The van der Waals surface area contributed by atoms with E-state index in [1.54, 1.807) is 38.3 Å².